The van der Waals surface area contributed by atoms with E-state index < -0.39 is 0 Å². The molecule has 5 heteroatoms. The van der Waals surface area contributed by atoms with Crippen LogP contribution in [0.3, 0.4) is 0 Å². The lowest BCUT2D eigenvalue weighted by molar-refractivity contribution is -0.131. The van der Waals surface area contributed by atoms with E-state index >= 15 is 0 Å². The van der Waals surface area contributed by atoms with Gasteiger partial charge >= 0.3 is 0 Å². The number of piperazine rings is 1. The Morgan fingerprint density at radius 1 is 1.19 bits per heavy atom. The van der Waals surface area contributed by atoms with Crippen molar-refractivity contribution in [3.63, 3.8) is 0 Å². The van der Waals surface area contributed by atoms with E-state index in [1.54, 1.807) is 0 Å². The first kappa shape index (κ1) is 18.5. The van der Waals surface area contributed by atoms with Crippen molar-refractivity contribution < 1.29 is 4.79 Å². The van der Waals surface area contributed by atoms with Gasteiger partial charge in [0.2, 0.25) is 5.91 Å². The first-order valence-electron chi connectivity index (χ1n) is 10.3. The molecule has 1 aromatic carbocycles. The molecule has 27 heavy (non-hydrogen) atoms. The van der Waals surface area contributed by atoms with Crippen LogP contribution in [0.25, 0.3) is 0 Å². The number of likely N-dealkylation sites (tertiary alicyclic amines) is 1. The Morgan fingerprint density at radius 3 is 2.78 bits per heavy atom. The summed E-state index contributed by atoms with van der Waals surface area (Å²) in [6, 6.07) is 10.2. The topological polar surface area (TPSA) is 50.6 Å². The molecule has 3 fully saturated rings. The molecule has 0 radical (unpaired) electrons. The van der Waals surface area contributed by atoms with Crippen LogP contribution < -0.4 is 0 Å². The second kappa shape index (κ2) is 7.61. The molecule has 3 aliphatic rings. The van der Waals surface area contributed by atoms with Crippen molar-refractivity contribution in [1.82, 2.24) is 14.7 Å². The monoisotopic (exact) mass is 366 g/mol. The lowest BCUT2D eigenvalue weighted by atomic mass is 9.86. The third-order valence-corrected chi connectivity index (χ3v) is 6.79. The van der Waals surface area contributed by atoms with Gasteiger partial charge < -0.3 is 4.90 Å². The minimum atomic E-state index is 0.0772. The van der Waals surface area contributed by atoms with E-state index in [-0.39, 0.29) is 5.54 Å². The Labute approximate surface area is 162 Å². The molecule has 1 amide bonds. The van der Waals surface area contributed by atoms with E-state index in [2.05, 4.69) is 33.9 Å². The molecule has 5 nitrogen and oxygen atoms in total. The fourth-order valence-corrected chi connectivity index (χ4v) is 4.72. The molecule has 1 atom stereocenters. The summed E-state index contributed by atoms with van der Waals surface area (Å²) in [6.45, 7) is 5.69. The van der Waals surface area contributed by atoms with Crippen LogP contribution in [-0.4, -0.2) is 65.9 Å². The highest BCUT2D eigenvalue weighted by Crippen LogP contribution is 2.35. The van der Waals surface area contributed by atoms with Crippen molar-refractivity contribution >= 4 is 5.91 Å². The Bertz CT molecular complexity index is 738. The maximum absolute atomic E-state index is 12.6. The van der Waals surface area contributed by atoms with Crippen LogP contribution in [-0.2, 0) is 11.3 Å². The van der Waals surface area contributed by atoms with E-state index in [1.807, 2.05) is 18.2 Å². The highest BCUT2D eigenvalue weighted by Gasteiger charge is 2.42. The van der Waals surface area contributed by atoms with Crippen molar-refractivity contribution in [2.45, 2.75) is 44.2 Å². The van der Waals surface area contributed by atoms with E-state index in [0.717, 1.165) is 69.2 Å². The number of benzene rings is 1. The third-order valence-electron chi connectivity index (χ3n) is 6.79. The molecular weight excluding hydrogens is 336 g/mol. The normalized spacial score (nSPS) is 27.6. The summed E-state index contributed by atoms with van der Waals surface area (Å²) < 4.78 is 0. The lowest BCUT2D eigenvalue weighted by Crippen LogP contribution is -2.60. The summed E-state index contributed by atoms with van der Waals surface area (Å²) in [4.78, 5) is 19.7. The second-order valence-electron chi connectivity index (χ2n) is 8.66. The maximum Gasteiger partial charge on any atom is 0.222 e. The second-order valence-corrected chi connectivity index (χ2v) is 8.66. The number of nitrogens with zero attached hydrogens (tertiary/aromatic N) is 4. The number of nitriles is 1. The summed E-state index contributed by atoms with van der Waals surface area (Å²) in [6.07, 6.45) is 5.25. The standard InChI is InChI=1S/C22H30N4O/c1-24-12-13-25(16-20-5-3-2-4-19(20)14-23)17-22(24)9-8-21(27)26(11-10-22)15-18-6-7-18/h2-5,18H,6-13,15-17H2,1H3/t22-/m1/s1. The summed E-state index contributed by atoms with van der Waals surface area (Å²) in [5, 5.41) is 9.38. The zero-order valence-electron chi connectivity index (χ0n) is 16.4. The third kappa shape index (κ3) is 4.02. The minimum Gasteiger partial charge on any atom is -0.342 e. The van der Waals surface area contributed by atoms with Crippen LogP contribution >= 0.6 is 0 Å². The predicted octanol–water partition coefficient (Wildman–Crippen LogP) is 2.47. The maximum atomic E-state index is 12.6. The smallest absolute Gasteiger partial charge is 0.222 e. The van der Waals surface area contributed by atoms with E-state index in [0.29, 0.717) is 12.3 Å². The van der Waals surface area contributed by atoms with Gasteiger partial charge in [0.05, 0.1) is 11.6 Å². The lowest BCUT2D eigenvalue weighted by Gasteiger charge is -2.49. The fourth-order valence-electron chi connectivity index (χ4n) is 4.72. The number of carbonyl (C=O) groups excluding carboxylic acids is 1. The molecule has 1 aromatic rings. The highest BCUT2D eigenvalue weighted by atomic mass is 16.2. The van der Waals surface area contributed by atoms with Crippen LogP contribution in [0.15, 0.2) is 24.3 Å². The van der Waals surface area contributed by atoms with Gasteiger partial charge in [0.25, 0.3) is 0 Å². The molecule has 0 N–H and O–H groups in total. The van der Waals surface area contributed by atoms with Crippen LogP contribution in [0.5, 0.6) is 0 Å². The fraction of sp³-hybridized carbons (Fsp3) is 0.636. The predicted molar refractivity (Wildman–Crippen MR) is 105 cm³/mol. The molecule has 2 aliphatic heterocycles. The van der Waals surface area contributed by atoms with Crippen LogP contribution in [0.4, 0.5) is 0 Å². The molecule has 2 saturated heterocycles. The average Bonchev–Trinajstić information content (AvgIpc) is 3.51. The van der Waals surface area contributed by atoms with Gasteiger partial charge in [-0.1, -0.05) is 18.2 Å². The number of carbonyl (C=O) groups is 1. The van der Waals surface area contributed by atoms with Gasteiger partial charge in [-0.2, -0.15) is 5.26 Å². The van der Waals surface area contributed by atoms with Gasteiger partial charge in [-0.15, -0.1) is 0 Å². The molecule has 2 heterocycles. The summed E-state index contributed by atoms with van der Waals surface area (Å²) in [5.74, 6) is 1.10. The zero-order valence-corrected chi connectivity index (χ0v) is 16.4. The molecule has 1 aliphatic carbocycles. The molecule has 1 saturated carbocycles. The first-order valence-corrected chi connectivity index (χ1v) is 10.3. The van der Waals surface area contributed by atoms with Gasteiger partial charge in [-0.05, 0) is 50.3 Å². The average molecular weight is 367 g/mol. The Balaban J connectivity index is 1.46. The van der Waals surface area contributed by atoms with Gasteiger partial charge in [0.1, 0.15) is 0 Å². The van der Waals surface area contributed by atoms with Gasteiger partial charge in [0.15, 0.2) is 0 Å². The molecule has 144 valence electrons. The molecule has 1 spiro atoms. The van der Waals surface area contributed by atoms with Crippen molar-refractivity contribution in [2.24, 2.45) is 5.92 Å². The highest BCUT2D eigenvalue weighted by molar-refractivity contribution is 5.76. The van der Waals surface area contributed by atoms with E-state index in [1.165, 1.54) is 12.8 Å². The molecular formula is C22H30N4O. The van der Waals surface area contributed by atoms with Crippen molar-refractivity contribution in [1.29, 1.82) is 5.26 Å². The van der Waals surface area contributed by atoms with Crippen molar-refractivity contribution in [2.75, 3.05) is 39.8 Å². The zero-order chi connectivity index (χ0) is 18.9. The first-order chi connectivity index (χ1) is 13.1. The molecule has 0 bridgehead atoms. The van der Waals surface area contributed by atoms with Crippen LogP contribution in [0.1, 0.15) is 43.2 Å². The summed E-state index contributed by atoms with van der Waals surface area (Å²) in [5.41, 5.74) is 1.96. The van der Waals surface area contributed by atoms with Crippen molar-refractivity contribution in [3.8, 4) is 6.07 Å². The Hall–Kier alpha value is -1.90. The van der Waals surface area contributed by atoms with Crippen LogP contribution in [0.2, 0.25) is 0 Å². The van der Waals surface area contributed by atoms with Gasteiger partial charge in [-0.3, -0.25) is 14.6 Å². The number of amides is 1. The van der Waals surface area contributed by atoms with Gasteiger partial charge in [0, 0.05) is 51.2 Å². The number of rotatable bonds is 4. The number of hydrogen-bond acceptors (Lipinski definition) is 4. The van der Waals surface area contributed by atoms with Crippen LogP contribution in [0, 0.1) is 17.2 Å². The Kier molecular flexibility index (Phi) is 5.21. The SMILES string of the molecule is CN1CCN(Cc2ccccc2C#N)C[C@]12CCC(=O)N(CC1CC1)CC2. The number of hydrogen-bond donors (Lipinski definition) is 0. The van der Waals surface area contributed by atoms with E-state index in [9.17, 15) is 10.1 Å². The molecule has 0 unspecified atom stereocenters. The van der Waals surface area contributed by atoms with Gasteiger partial charge in [-0.25, -0.2) is 0 Å². The minimum absolute atomic E-state index is 0.0772. The molecule has 4 rings (SSSR count). The van der Waals surface area contributed by atoms with E-state index in [4.69, 9.17) is 0 Å². The summed E-state index contributed by atoms with van der Waals surface area (Å²) in [7, 11) is 2.22. The number of likely N-dealkylation sites (N-methyl/N-ethyl adjacent to an activating group) is 1. The Morgan fingerprint density at radius 2 is 2.00 bits per heavy atom. The van der Waals surface area contributed by atoms with Crippen molar-refractivity contribution in [3.05, 3.63) is 35.4 Å². The molecule has 0 aromatic heterocycles. The quantitative estimate of drug-likeness (QED) is 0.821. The largest absolute Gasteiger partial charge is 0.342 e. The summed E-state index contributed by atoms with van der Waals surface area (Å²) >= 11 is 0.